The normalized spacial score (nSPS) is 16.0. The minimum Gasteiger partial charge on any atom is -0.371 e. The van der Waals surface area contributed by atoms with Crippen LogP contribution in [0.3, 0.4) is 0 Å². The highest BCUT2D eigenvalue weighted by molar-refractivity contribution is 6.02. The molecule has 0 aromatic heterocycles. The molecule has 0 aliphatic carbocycles. The van der Waals surface area contributed by atoms with E-state index in [9.17, 15) is 9.59 Å². The minimum absolute atomic E-state index is 0.0731. The standard InChI is InChI=1S/C26H35N3O2/c1-18-13-15-29(16-14-18)23-12-11-21(28-25(31)26(3,4)5)17-22(23)24(30)27-19(2)20-9-7-6-8-10-20/h6-12,17-19H,13-16H2,1-5H3,(H,27,30)(H,28,31)/t19-/m1/s1. The van der Waals surface area contributed by atoms with Crippen LogP contribution in [0.25, 0.3) is 0 Å². The van der Waals surface area contributed by atoms with Crippen molar-refractivity contribution in [3.8, 4) is 0 Å². The molecule has 0 unspecified atom stereocenters. The van der Waals surface area contributed by atoms with Crippen molar-refractivity contribution in [2.45, 2.75) is 53.5 Å². The van der Waals surface area contributed by atoms with Crippen molar-refractivity contribution in [1.29, 1.82) is 0 Å². The third kappa shape index (κ3) is 5.87. The molecular formula is C26H35N3O2. The van der Waals surface area contributed by atoms with Gasteiger partial charge in [0.05, 0.1) is 11.6 Å². The zero-order valence-corrected chi connectivity index (χ0v) is 19.4. The third-order valence-corrected chi connectivity index (χ3v) is 5.95. The number of rotatable bonds is 5. The summed E-state index contributed by atoms with van der Waals surface area (Å²) in [6, 6.07) is 15.5. The quantitative estimate of drug-likeness (QED) is 0.680. The first kappa shape index (κ1) is 22.9. The van der Waals surface area contributed by atoms with E-state index in [4.69, 9.17) is 0 Å². The Labute approximate surface area is 186 Å². The van der Waals surface area contributed by atoms with Crippen molar-refractivity contribution in [2.75, 3.05) is 23.3 Å². The Kier molecular flexibility index (Phi) is 7.04. The molecule has 1 aliphatic rings. The highest BCUT2D eigenvalue weighted by Gasteiger charge is 2.25. The van der Waals surface area contributed by atoms with Gasteiger partial charge in [0.1, 0.15) is 0 Å². The molecule has 0 bridgehead atoms. The van der Waals surface area contributed by atoms with E-state index in [0.29, 0.717) is 17.2 Å². The van der Waals surface area contributed by atoms with E-state index in [2.05, 4.69) is 22.5 Å². The van der Waals surface area contributed by atoms with Gasteiger partial charge in [-0.3, -0.25) is 9.59 Å². The van der Waals surface area contributed by atoms with Crippen LogP contribution in [-0.4, -0.2) is 24.9 Å². The molecule has 1 fully saturated rings. The molecule has 1 aliphatic heterocycles. The van der Waals surface area contributed by atoms with Crippen molar-refractivity contribution in [1.82, 2.24) is 5.32 Å². The monoisotopic (exact) mass is 421 g/mol. The lowest BCUT2D eigenvalue weighted by atomic mass is 9.95. The van der Waals surface area contributed by atoms with Gasteiger partial charge in [-0.1, -0.05) is 58.0 Å². The van der Waals surface area contributed by atoms with Crippen LogP contribution in [0.4, 0.5) is 11.4 Å². The van der Waals surface area contributed by atoms with Crippen LogP contribution >= 0.6 is 0 Å². The van der Waals surface area contributed by atoms with E-state index in [0.717, 1.165) is 37.2 Å². The first-order chi connectivity index (χ1) is 14.6. The van der Waals surface area contributed by atoms with E-state index in [1.165, 1.54) is 0 Å². The van der Waals surface area contributed by atoms with Crippen molar-refractivity contribution >= 4 is 23.2 Å². The summed E-state index contributed by atoms with van der Waals surface area (Å²) in [6.45, 7) is 11.8. The number of nitrogens with zero attached hydrogens (tertiary/aromatic N) is 1. The van der Waals surface area contributed by atoms with Crippen LogP contribution in [0.1, 0.15) is 69.4 Å². The largest absolute Gasteiger partial charge is 0.371 e. The summed E-state index contributed by atoms with van der Waals surface area (Å²) >= 11 is 0. The maximum absolute atomic E-state index is 13.3. The predicted octanol–water partition coefficient (Wildman–Crippen LogP) is 5.40. The first-order valence-electron chi connectivity index (χ1n) is 11.2. The van der Waals surface area contributed by atoms with Gasteiger partial charge in [0.25, 0.3) is 5.91 Å². The Hall–Kier alpha value is -2.82. The number of carbonyl (C=O) groups excluding carboxylic acids is 2. The number of hydrogen-bond acceptors (Lipinski definition) is 3. The number of hydrogen-bond donors (Lipinski definition) is 2. The molecular weight excluding hydrogens is 386 g/mol. The molecule has 3 rings (SSSR count). The molecule has 5 nitrogen and oxygen atoms in total. The van der Waals surface area contributed by atoms with Gasteiger partial charge in [0.2, 0.25) is 5.91 Å². The molecule has 31 heavy (non-hydrogen) atoms. The molecule has 166 valence electrons. The smallest absolute Gasteiger partial charge is 0.253 e. The second-order valence-electron chi connectivity index (χ2n) is 9.71. The fourth-order valence-corrected chi connectivity index (χ4v) is 3.74. The highest BCUT2D eigenvalue weighted by atomic mass is 16.2. The van der Waals surface area contributed by atoms with E-state index < -0.39 is 5.41 Å². The second kappa shape index (κ2) is 9.54. The average Bonchev–Trinajstić information content (AvgIpc) is 2.74. The Morgan fingerprint density at radius 2 is 1.68 bits per heavy atom. The van der Waals surface area contributed by atoms with Gasteiger partial charge in [0, 0.05) is 29.9 Å². The molecule has 2 aromatic rings. The minimum atomic E-state index is -0.508. The highest BCUT2D eigenvalue weighted by Crippen LogP contribution is 2.30. The summed E-state index contributed by atoms with van der Waals surface area (Å²) in [5.74, 6) is 0.505. The molecule has 1 saturated heterocycles. The molecule has 5 heteroatoms. The van der Waals surface area contributed by atoms with Crippen LogP contribution in [-0.2, 0) is 4.79 Å². The van der Waals surface area contributed by atoms with Crippen LogP contribution in [0, 0.1) is 11.3 Å². The van der Waals surface area contributed by atoms with Crippen LogP contribution < -0.4 is 15.5 Å². The molecule has 1 atom stereocenters. The lowest BCUT2D eigenvalue weighted by molar-refractivity contribution is -0.123. The van der Waals surface area contributed by atoms with Gasteiger partial charge in [-0.25, -0.2) is 0 Å². The van der Waals surface area contributed by atoms with Gasteiger partial charge in [-0.15, -0.1) is 0 Å². The summed E-state index contributed by atoms with van der Waals surface area (Å²) in [6.07, 6.45) is 2.23. The molecule has 2 aromatic carbocycles. The lowest BCUT2D eigenvalue weighted by Gasteiger charge is -2.33. The molecule has 0 radical (unpaired) electrons. The van der Waals surface area contributed by atoms with Gasteiger partial charge < -0.3 is 15.5 Å². The third-order valence-electron chi connectivity index (χ3n) is 5.95. The molecule has 2 amide bonds. The van der Waals surface area contributed by atoms with Gasteiger partial charge in [-0.05, 0) is 49.4 Å². The van der Waals surface area contributed by atoms with Crippen molar-refractivity contribution in [3.05, 3.63) is 59.7 Å². The summed E-state index contributed by atoms with van der Waals surface area (Å²) < 4.78 is 0. The zero-order valence-electron chi connectivity index (χ0n) is 19.4. The Morgan fingerprint density at radius 1 is 1.03 bits per heavy atom. The van der Waals surface area contributed by atoms with E-state index >= 15 is 0 Å². The average molecular weight is 422 g/mol. The van der Waals surface area contributed by atoms with Gasteiger partial charge in [-0.2, -0.15) is 0 Å². The van der Waals surface area contributed by atoms with Crippen LogP contribution in [0.15, 0.2) is 48.5 Å². The summed E-state index contributed by atoms with van der Waals surface area (Å²) in [5, 5.41) is 6.10. The maximum Gasteiger partial charge on any atom is 0.253 e. The second-order valence-corrected chi connectivity index (χ2v) is 9.71. The Balaban J connectivity index is 1.88. The lowest BCUT2D eigenvalue weighted by Crippen LogP contribution is -2.35. The van der Waals surface area contributed by atoms with Gasteiger partial charge in [0.15, 0.2) is 0 Å². The first-order valence-corrected chi connectivity index (χ1v) is 11.2. The van der Waals surface area contributed by atoms with Crippen LogP contribution in [0.5, 0.6) is 0 Å². The summed E-state index contributed by atoms with van der Waals surface area (Å²) in [7, 11) is 0. The topological polar surface area (TPSA) is 61.4 Å². The maximum atomic E-state index is 13.3. The number of benzene rings is 2. The predicted molar refractivity (Wildman–Crippen MR) is 127 cm³/mol. The van der Waals surface area contributed by atoms with E-state index in [-0.39, 0.29) is 17.9 Å². The van der Waals surface area contributed by atoms with Crippen molar-refractivity contribution in [2.24, 2.45) is 11.3 Å². The summed E-state index contributed by atoms with van der Waals surface area (Å²) in [5.41, 5.74) is 2.72. The number of anilines is 2. The Morgan fingerprint density at radius 3 is 2.29 bits per heavy atom. The fraction of sp³-hybridized carbons (Fsp3) is 0.462. The zero-order chi connectivity index (χ0) is 22.6. The van der Waals surface area contributed by atoms with Crippen LogP contribution in [0.2, 0.25) is 0 Å². The van der Waals surface area contributed by atoms with Crippen molar-refractivity contribution < 1.29 is 9.59 Å². The number of carbonyl (C=O) groups is 2. The summed E-state index contributed by atoms with van der Waals surface area (Å²) in [4.78, 5) is 28.1. The molecule has 2 N–H and O–H groups in total. The number of piperidine rings is 1. The Bertz CT molecular complexity index is 910. The van der Waals surface area contributed by atoms with Crippen molar-refractivity contribution in [3.63, 3.8) is 0 Å². The van der Waals surface area contributed by atoms with E-state index in [1.54, 1.807) is 0 Å². The van der Waals surface area contributed by atoms with E-state index in [1.807, 2.05) is 76.2 Å². The number of amides is 2. The molecule has 0 saturated carbocycles. The van der Waals surface area contributed by atoms with Gasteiger partial charge >= 0.3 is 0 Å². The SMILES string of the molecule is CC1CCN(c2ccc(NC(=O)C(C)(C)C)cc2C(=O)N[C@H](C)c2ccccc2)CC1. The number of nitrogens with one attached hydrogen (secondary N) is 2. The molecule has 1 heterocycles. The fourth-order valence-electron chi connectivity index (χ4n) is 3.74. The molecule has 0 spiro atoms.